The molecule has 0 bridgehead atoms. The van der Waals surface area contributed by atoms with Gasteiger partial charge in [-0.3, -0.25) is 0 Å². The van der Waals surface area contributed by atoms with Gasteiger partial charge >= 0.3 is 5.97 Å². The first-order valence-corrected chi connectivity index (χ1v) is 5.69. The zero-order valence-electron chi connectivity index (χ0n) is 6.70. The molecule has 12 heavy (non-hydrogen) atoms. The molecule has 0 unspecified atom stereocenters. The lowest BCUT2D eigenvalue weighted by Crippen LogP contribution is -2.11. The number of esters is 1. The lowest BCUT2D eigenvalue weighted by atomic mass is 10.5. The molecule has 3 nitrogen and oxygen atoms in total. The SMILES string of the molecule is CCOC(=O)C1=C(O)CSCS1. The lowest BCUT2D eigenvalue weighted by molar-refractivity contribution is -0.137. The van der Waals surface area contributed by atoms with E-state index in [1.165, 1.54) is 11.8 Å². The van der Waals surface area contributed by atoms with Crippen LogP contribution in [0.15, 0.2) is 10.7 Å². The number of ether oxygens (including phenoxy) is 1. The maximum Gasteiger partial charge on any atom is 0.348 e. The van der Waals surface area contributed by atoms with Crippen molar-refractivity contribution >= 4 is 29.5 Å². The zero-order chi connectivity index (χ0) is 8.97. The van der Waals surface area contributed by atoms with Crippen LogP contribution in [0.3, 0.4) is 0 Å². The molecule has 0 aromatic heterocycles. The Labute approximate surface area is 79.5 Å². The normalized spacial score (nSPS) is 17.8. The second-order valence-electron chi connectivity index (χ2n) is 2.11. The van der Waals surface area contributed by atoms with E-state index in [1.54, 1.807) is 18.7 Å². The topological polar surface area (TPSA) is 46.5 Å². The lowest BCUT2D eigenvalue weighted by Gasteiger charge is -2.13. The van der Waals surface area contributed by atoms with Gasteiger partial charge in [0.05, 0.1) is 12.4 Å². The maximum absolute atomic E-state index is 11.1. The number of aliphatic hydroxyl groups is 1. The monoisotopic (exact) mass is 206 g/mol. The third-order valence-electron chi connectivity index (χ3n) is 1.25. The van der Waals surface area contributed by atoms with Gasteiger partial charge in [-0.15, -0.1) is 23.5 Å². The summed E-state index contributed by atoms with van der Waals surface area (Å²) in [6.07, 6.45) is 0. The van der Waals surface area contributed by atoms with Crippen LogP contribution in [0.25, 0.3) is 0 Å². The first-order chi connectivity index (χ1) is 5.75. The highest BCUT2D eigenvalue weighted by molar-refractivity contribution is 8.18. The number of carbonyl (C=O) groups is 1. The molecular formula is C7H10O3S2. The first-order valence-electron chi connectivity index (χ1n) is 3.55. The minimum atomic E-state index is -0.403. The Bertz CT molecular complexity index is 213. The molecule has 1 heterocycles. The maximum atomic E-state index is 11.1. The summed E-state index contributed by atoms with van der Waals surface area (Å²) in [5.74, 6) is 0.260. The van der Waals surface area contributed by atoms with Gasteiger partial charge in [-0.2, -0.15) is 0 Å². The molecule has 0 fully saturated rings. The summed E-state index contributed by atoms with van der Waals surface area (Å²) in [7, 11) is 0. The fraction of sp³-hybridized carbons (Fsp3) is 0.571. The number of aliphatic hydroxyl groups excluding tert-OH is 1. The van der Waals surface area contributed by atoms with Crippen LogP contribution >= 0.6 is 23.5 Å². The summed E-state index contributed by atoms with van der Waals surface area (Å²) in [5, 5.41) is 10.1. The molecule has 0 saturated carbocycles. The van der Waals surface area contributed by atoms with Crippen molar-refractivity contribution in [3.63, 3.8) is 0 Å². The van der Waals surface area contributed by atoms with E-state index in [2.05, 4.69) is 0 Å². The molecule has 0 atom stereocenters. The van der Waals surface area contributed by atoms with Gasteiger partial charge in [-0.05, 0) is 6.92 Å². The van der Waals surface area contributed by atoms with Crippen molar-refractivity contribution < 1.29 is 14.6 Å². The van der Waals surface area contributed by atoms with Gasteiger partial charge in [0.1, 0.15) is 10.7 Å². The molecule has 5 heteroatoms. The van der Waals surface area contributed by atoms with Crippen LogP contribution in [0.4, 0.5) is 0 Å². The van der Waals surface area contributed by atoms with Gasteiger partial charge in [0, 0.05) is 5.08 Å². The first kappa shape index (κ1) is 9.80. The Morgan fingerprint density at radius 3 is 3.08 bits per heavy atom. The fourth-order valence-electron chi connectivity index (χ4n) is 0.761. The zero-order valence-corrected chi connectivity index (χ0v) is 8.33. The van der Waals surface area contributed by atoms with E-state index in [0.717, 1.165) is 5.08 Å². The standard InChI is InChI=1S/C7H10O3S2/c1-2-10-7(9)6-5(8)3-11-4-12-6/h8H,2-4H2,1H3. The summed E-state index contributed by atoms with van der Waals surface area (Å²) in [6.45, 7) is 2.10. The second kappa shape index (κ2) is 4.67. The minimum Gasteiger partial charge on any atom is -0.510 e. The smallest absolute Gasteiger partial charge is 0.348 e. The van der Waals surface area contributed by atoms with Crippen LogP contribution in [-0.2, 0) is 9.53 Å². The summed E-state index contributed by atoms with van der Waals surface area (Å²) in [6, 6.07) is 0. The van der Waals surface area contributed by atoms with Gasteiger partial charge in [-0.1, -0.05) is 0 Å². The molecule has 0 amide bonds. The molecule has 1 aliphatic rings. The van der Waals surface area contributed by atoms with E-state index in [-0.39, 0.29) is 5.76 Å². The Balaban J connectivity index is 2.64. The van der Waals surface area contributed by atoms with Gasteiger partial charge in [0.15, 0.2) is 0 Å². The van der Waals surface area contributed by atoms with Crippen LogP contribution in [0.1, 0.15) is 6.92 Å². The number of carbonyl (C=O) groups excluding carboxylic acids is 1. The molecule has 0 saturated heterocycles. The van der Waals surface area contributed by atoms with Gasteiger partial charge in [-0.25, -0.2) is 4.79 Å². The summed E-state index contributed by atoms with van der Waals surface area (Å²) < 4.78 is 4.76. The average Bonchev–Trinajstić information content (AvgIpc) is 2.05. The number of hydrogen-bond donors (Lipinski definition) is 1. The van der Waals surface area contributed by atoms with Crippen molar-refractivity contribution in [1.29, 1.82) is 0 Å². The van der Waals surface area contributed by atoms with Crippen LogP contribution in [-0.4, -0.2) is 28.5 Å². The average molecular weight is 206 g/mol. The Morgan fingerprint density at radius 1 is 1.75 bits per heavy atom. The van der Waals surface area contributed by atoms with Crippen molar-refractivity contribution in [3.05, 3.63) is 10.7 Å². The van der Waals surface area contributed by atoms with E-state index in [0.29, 0.717) is 17.3 Å². The van der Waals surface area contributed by atoms with E-state index in [1.807, 2.05) is 0 Å². The largest absolute Gasteiger partial charge is 0.510 e. The molecule has 1 aliphatic heterocycles. The molecule has 1 N–H and O–H groups in total. The number of hydrogen-bond acceptors (Lipinski definition) is 5. The fourth-order valence-corrected chi connectivity index (χ4v) is 2.74. The molecule has 1 rings (SSSR count). The number of rotatable bonds is 2. The Morgan fingerprint density at radius 2 is 2.50 bits per heavy atom. The molecule has 0 aromatic rings. The molecular weight excluding hydrogens is 196 g/mol. The number of thioether (sulfide) groups is 2. The predicted molar refractivity (Wildman–Crippen MR) is 51.2 cm³/mol. The van der Waals surface area contributed by atoms with Gasteiger partial charge in [0.25, 0.3) is 0 Å². The molecule has 0 aromatic carbocycles. The van der Waals surface area contributed by atoms with Crippen LogP contribution in [0.5, 0.6) is 0 Å². The van der Waals surface area contributed by atoms with E-state index in [9.17, 15) is 9.90 Å². The molecule has 0 radical (unpaired) electrons. The summed E-state index contributed by atoms with van der Waals surface area (Å²) >= 11 is 2.93. The van der Waals surface area contributed by atoms with Gasteiger partial charge < -0.3 is 9.84 Å². The van der Waals surface area contributed by atoms with E-state index >= 15 is 0 Å². The van der Waals surface area contributed by atoms with E-state index < -0.39 is 5.97 Å². The van der Waals surface area contributed by atoms with Crippen molar-refractivity contribution in [1.82, 2.24) is 0 Å². The third kappa shape index (κ3) is 2.35. The van der Waals surface area contributed by atoms with Crippen LogP contribution < -0.4 is 0 Å². The Kier molecular flexibility index (Phi) is 3.81. The molecule has 0 aliphatic carbocycles. The van der Waals surface area contributed by atoms with Crippen molar-refractivity contribution in [2.45, 2.75) is 6.92 Å². The van der Waals surface area contributed by atoms with Crippen molar-refractivity contribution in [2.75, 3.05) is 17.4 Å². The van der Waals surface area contributed by atoms with Crippen LogP contribution in [0.2, 0.25) is 0 Å². The molecule has 68 valence electrons. The van der Waals surface area contributed by atoms with Crippen molar-refractivity contribution in [2.24, 2.45) is 0 Å². The van der Waals surface area contributed by atoms with Crippen molar-refractivity contribution in [3.8, 4) is 0 Å². The highest BCUT2D eigenvalue weighted by atomic mass is 32.2. The minimum absolute atomic E-state index is 0.148. The van der Waals surface area contributed by atoms with Gasteiger partial charge in [0.2, 0.25) is 0 Å². The molecule has 0 spiro atoms. The second-order valence-corrected chi connectivity index (χ2v) is 4.44. The third-order valence-corrected chi connectivity index (χ3v) is 3.55. The highest BCUT2D eigenvalue weighted by Gasteiger charge is 2.20. The summed E-state index contributed by atoms with van der Waals surface area (Å²) in [5.41, 5.74) is 0. The quantitative estimate of drug-likeness (QED) is 0.697. The van der Waals surface area contributed by atoms with E-state index in [4.69, 9.17) is 4.74 Å². The summed E-state index contributed by atoms with van der Waals surface area (Å²) in [4.78, 5) is 11.5. The highest BCUT2D eigenvalue weighted by Crippen LogP contribution is 2.31. The Hall–Kier alpha value is -0.290. The van der Waals surface area contributed by atoms with Crippen LogP contribution in [0, 0.1) is 0 Å². The predicted octanol–water partition coefficient (Wildman–Crippen LogP) is 1.76.